The highest BCUT2D eigenvalue weighted by Gasteiger charge is 2.41. The van der Waals surface area contributed by atoms with Crippen molar-refractivity contribution in [2.24, 2.45) is 0 Å². The Hall–Kier alpha value is -3.40. The number of nitrogens with zero attached hydrogens (tertiary/aromatic N) is 1. The predicted octanol–water partition coefficient (Wildman–Crippen LogP) is 5.61. The summed E-state index contributed by atoms with van der Waals surface area (Å²) in [4.78, 5) is 2.31. The van der Waals surface area contributed by atoms with E-state index in [-0.39, 0.29) is 0 Å². The summed E-state index contributed by atoms with van der Waals surface area (Å²) < 4.78 is 5.74. The Morgan fingerprint density at radius 1 is 0.781 bits per heavy atom. The van der Waals surface area contributed by atoms with Gasteiger partial charge in [0, 0.05) is 25.2 Å². The Morgan fingerprint density at radius 2 is 1.47 bits per heavy atom. The molecule has 3 nitrogen and oxygen atoms in total. The zero-order valence-electron chi connectivity index (χ0n) is 18.2. The van der Waals surface area contributed by atoms with Crippen LogP contribution in [0.25, 0.3) is 11.1 Å². The lowest BCUT2D eigenvalue weighted by atomic mass is 9.79. The minimum Gasteiger partial charge on any atom is -0.496 e. The Morgan fingerprint density at radius 3 is 2.22 bits per heavy atom. The van der Waals surface area contributed by atoms with Crippen molar-refractivity contribution >= 4 is 0 Å². The van der Waals surface area contributed by atoms with E-state index in [0.29, 0.717) is 12.3 Å². The van der Waals surface area contributed by atoms with Crippen LogP contribution in [0.1, 0.15) is 22.3 Å². The van der Waals surface area contributed by atoms with Gasteiger partial charge in [-0.25, -0.2) is 0 Å². The van der Waals surface area contributed by atoms with Crippen molar-refractivity contribution in [3.63, 3.8) is 0 Å². The molecule has 0 saturated carbocycles. The molecule has 0 spiro atoms. The van der Waals surface area contributed by atoms with Gasteiger partial charge in [-0.1, -0.05) is 91.0 Å². The molecule has 1 N–H and O–H groups in total. The third-order valence-corrected chi connectivity index (χ3v) is 6.31. The van der Waals surface area contributed by atoms with E-state index in [1.165, 1.54) is 5.56 Å². The van der Waals surface area contributed by atoms with Crippen LogP contribution in [0.3, 0.4) is 0 Å². The quantitative estimate of drug-likeness (QED) is 0.454. The van der Waals surface area contributed by atoms with E-state index in [1.54, 1.807) is 7.11 Å². The molecule has 1 aliphatic heterocycles. The molecule has 0 aromatic heterocycles. The zero-order chi connectivity index (χ0) is 22.0. The second-order valence-electron chi connectivity index (χ2n) is 8.43. The van der Waals surface area contributed by atoms with E-state index < -0.39 is 5.60 Å². The van der Waals surface area contributed by atoms with Crippen LogP contribution in [0.5, 0.6) is 5.75 Å². The van der Waals surface area contributed by atoms with Crippen LogP contribution in [-0.4, -0.2) is 23.7 Å². The first-order chi connectivity index (χ1) is 15.7. The highest BCUT2D eigenvalue weighted by Crippen LogP contribution is 2.43. The molecule has 1 aliphatic rings. The van der Waals surface area contributed by atoms with E-state index in [9.17, 15) is 5.11 Å². The molecule has 0 amide bonds. The fraction of sp³-hybridized carbons (Fsp3) is 0.172. The maximum Gasteiger partial charge on any atom is 0.131 e. The minimum atomic E-state index is -1.18. The lowest BCUT2D eigenvalue weighted by molar-refractivity contribution is 0.0137. The summed E-state index contributed by atoms with van der Waals surface area (Å²) in [5, 5.41) is 12.3. The number of aliphatic hydroxyl groups is 1. The number of β-amino-alcohol motifs (C(OH)–C–C–N with tert-alkyl or cyclic N) is 1. The van der Waals surface area contributed by atoms with Crippen LogP contribution >= 0.6 is 0 Å². The summed E-state index contributed by atoms with van der Waals surface area (Å²) >= 11 is 0. The lowest BCUT2D eigenvalue weighted by Gasteiger charge is -2.42. The number of fused-ring (bicyclic) bond motifs is 1. The molecule has 160 valence electrons. The highest BCUT2D eigenvalue weighted by atomic mass is 16.5. The first kappa shape index (κ1) is 20.5. The Labute approximate surface area is 189 Å². The predicted molar refractivity (Wildman–Crippen MR) is 128 cm³/mol. The molecule has 1 heterocycles. The van der Waals surface area contributed by atoms with Crippen molar-refractivity contribution in [1.82, 2.24) is 4.90 Å². The van der Waals surface area contributed by atoms with Gasteiger partial charge in [0.15, 0.2) is 0 Å². The smallest absolute Gasteiger partial charge is 0.131 e. The van der Waals surface area contributed by atoms with Crippen molar-refractivity contribution in [1.29, 1.82) is 0 Å². The summed E-state index contributed by atoms with van der Waals surface area (Å²) in [6.07, 6.45) is 0. The molecule has 4 aromatic carbocycles. The van der Waals surface area contributed by atoms with E-state index >= 15 is 0 Å². The molecular weight excluding hydrogens is 394 g/mol. The summed E-state index contributed by atoms with van der Waals surface area (Å²) in [5.41, 5.74) is 5.13. The van der Waals surface area contributed by atoms with E-state index in [2.05, 4.69) is 59.5 Å². The average Bonchev–Trinajstić information content (AvgIpc) is 2.85. The van der Waals surface area contributed by atoms with Gasteiger partial charge in [0.2, 0.25) is 0 Å². The van der Waals surface area contributed by atoms with Crippen LogP contribution in [0.4, 0.5) is 0 Å². The lowest BCUT2D eigenvalue weighted by Crippen LogP contribution is -2.46. The van der Waals surface area contributed by atoms with Crippen LogP contribution in [-0.2, 0) is 18.7 Å². The maximum atomic E-state index is 12.3. The molecule has 0 saturated heterocycles. The number of hydrogen-bond donors (Lipinski definition) is 1. The van der Waals surface area contributed by atoms with Gasteiger partial charge in [-0.15, -0.1) is 0 Å². The van der Waals surface area contributed by atoms with Gasteiger partial charge >= 0.3 is 0 Å². The second-order valence-corrected chi connectivity index (χ2v) is 8.43. The Kier molecular flexibility index (Phi) is 5.52. The second kappa shape index (κ2) is 8.62. The van der Waals surface area contributed by atoms with Gasteiger partial charge in [0.1, 0.15) is 11.4 Å². The fourth-order valence-electron chi connectivity index (χ4n) is 4.79. The molecule has 0 radical (unpaired) electrons. The number of hydrogen-bond acceptors (Lipinski definition) is 3. The molecule has 3 heteroatoms. The molecular formula is C29H27NO2. The summed E-state index contributed by atoms with van der Waals surface area (Å²) in [6.45, 7) is 2.07. The van der Waals surface area contributed by atoms with E-state index in [0.717, 1.165) is 40.9 Å². The van der Waals surface area contributed by atoms with Crippen LogP contribution in [0, 0.1) is 0 Å². The standard InChI is InChI=1S/C29H27NO2/c1-32-28-17-16-24(23-12-6-3-7-13-23)18-27(28)29(31)21-30(19-22-10-4-2-5-11-22)20-25-14-8-9-15-26(25)29/h2-18,31H,19-21H2,1H3. The summed E-state index contributed by atoms with van der Waals surface area (Å²) in [7, 11) is 1.67. The molecule has 1 atom stereocenters. The normalized spacial score (nSPS) is 18.2. The highest BCUT2D eigenvalue weighted by molar-refractivity contribution is 5.67. The van der Waals surface area contributed by atoms with Crippen molar-refractivity contribution in [3.05, 3.63) is 125 Å². The van der Waals surface area contributed by atoms with E-state index in [1.807, 2.05) is 48.5 Å². The SMILES string of the molecule is COc1ccc(-c2ccccc2)cc1C1(O)CN(Cc2ccccc2)Cc2ccccc21. The molecule has 5 rings (SSSR count). The van der Waals surface area contributed by atoms with Gasteiger partial charge in [0.05, 0.1) is 7.11 Å². The summed E-state index contributed by atoms with van der Waals surface area (Å²) in [6, 6.07) is 35.0. The Balaban J connectivity index is 1.62. The Bertz CT molecular complexity index is 1210. The summed E-state index contributed by atoms with van der Waals surface area (Å²) in [5.74, 6) is 0.698. The van der Waals surface area contributed by atoms with Gasteiger partial charge < -0.3 is 9.84 Å². The van der Waals surface area contributed by atoms with Crippen molar-refractivity contribution in [3.8, 4) is 16.9 Å². The first-order valence-electron chi connectivity index (χ1n) is 11.0. The van der Waals surface area contributed by atoms with Gasteiger partial charge in [-0.3, -0.25) is 4.90 Å². The minimum absolute atomic E-state index is 0.494. The third kappa shape index (κ3) is 3.81. The van der Waals surface area contributed by atoms with Crippen molar-refractivity contribution < 1.29 is 9.84 Å². The van der Waals surface area contributed by atoms with Gasteiger partial charge in [0.25, 0.3) is 0 Å². The molecule has 1 unspecified atom stereocenters. The number of rotatable bonds is 5. The average molecular weight is 422 g/mol. The molecule has 0 aliphatic carbocycles. The number of benzene rings is 4. The van der Waals surface area contributed by atoms with Crippen LogP contribution in [0.15, 0.2) is 103 Å². The van der Waals surface area contributed by atoms with Gasteiger partial charge in [-0.2, -0.15) is 0 Å². The first-order valence-corrected chi connectivity index (χ1v) is 11.0. The zero-order valence-corrected chi connectivity index (χ0v) is 18.2. The van der Waals surface area contributed by atoms with Crippen molar-refractivity contribution in [2.75, 3.05) is 13.7 Å². The number of methoxy groups -OCH3 is 1. The molecule has 32 heavy (non-hydrogen) atoms. The molecule has 0 fully saturated rings. The monoisotopic (exact) mass is 421 g/mol. The molecule has 4 aromatic rings. The van der Waals surface area contributed by atoms with Gasteiger partial charge in [-0.05, 0) is 39.9 Å². The molecule has 0 bridgehead atoms. The third-order valence-electron chi connectivity index (χ3n) is 6.31. The largest absolute Gasteiger partial charge is 0.496 e. The fourth-order valence-corrected chi connectivity index (χ4v) is 4.79. The maximum absolute atomic E-state index is 12.3. The van der Waals surface area contributed by atoms with E-state index in [4.69, 9.17) is 4.74 Å². The van der Waals surface area contributed by atoms with Crippen LogP contribution in [0.2, 0.25) is 0 Å². The van der Waals surface area contributed by atoms with Crippen molar-refractivity contribution in [2.45, 2.75) is 18.7 Å². The van der Waals surface area contributed by atoms with Crippen LogP contribution < -0.4 is 4.74 Å². The topological polar surface area (TPSA) is 32.7 Å². The number of ether oxygens (including phenoxy) is 1.